The zero-order chi connectivity index (χ0) is 18.3. The first-order valence-electron chi connectivity index (χ1n) is 7.62. The summed E-state index contributed by atoms with van der Waals surface area (Å²) in [6.07, 6.45) is 0. The molecule has 26 heavy (non-hydrogen) atoms. The molecule has 2 N–H and O–H groups in total. The van der Waals surface area contributed by atoms with E-state index in [2.05, 4.69) is 4.98 Å². The fourth-order valence-electron chi connectivity index (χ4n) is 2.73. The molecule has 1 aliphatic rings. The van der Waals surface area contributed by atoms with Crippen molar-refractivity contribution >= 4 is 40.2 Å². The predicted molar refractivity (Wildman–Crippen MR) is 91.4 cm³/mol. The van der Waals surface area contributed by atoms with E-state index in [0.29, 0.717) is 33.4 Å². The molecule has 0 unspecified atom stereocenters. The molecule has 0 aliphatic carbocycles. The minimum atomic E-state index is -0.692. The molecule has 9 heteroatoms. The number of carbonyl (C=O) groups excluding carboxylic acids is 2. The van der Waals surface area contributed by atoms with Gasteiger partial charge in [0.25, 0.3) is 11.8 Å². The Morgan fingerprint density at radius 3 is 2.96 bits per heavy atom. The Morgan fingerprint density at radius 1 is 1.31 bits per heavy atom. The lowest BCUT2D eigenvalue weighted by atomic mass is 10.1. The van der Waals surface area contributed by atoms with Crippen molar-refractivity contribution in [2.45, 2.75) is 6.54 Å². The fourth-order valence-corrected chi connectivity index (χ4v) is 2.89. The average molecular weight is 374 g/mol. The lowest BCUT2D eigenvalue weighted by molar-refractivity contribution is -0.121. The second kappa shape index (κ2) is 6.32. The molecule has 2 heterocycles. The van der Waals surface area contributed by atoms with Crippen LogP contribution in [0, 0.1) is 0 Å². The Hall–Kier alpha value is -3.10. The highest BCUT2D eigenvalue weighted by molar-refractivity contribution is 6.31. The van der Waals surface area contributed by atoms with Gasteiger partial charge in [-0.1, -0.05) is 11.6 Å². The lowest BCUT2D eigenvalue weighted by Crippen LogP contribution is -2.38. The van der Waals surface area contributed by atoms with Crippen molar-refractivity contribution in [2.24, 2.45) is 0 Å². The first-order valence-corrected chi connectivity index (χ1v) is 7.99. The highest BCUT2D eigenvalue weighted by Gasteiger charge is 2.28. The summed E-state index contributed by atoms with van der Waals surface area (Å²) in [5.41, 5.74) is 3.27. The van der Waals surface area contributed by atoms with E-state index < -0.39 is 5.91 Å². The monoisotopic (exact) mass is 373 g/mol. The number of nitrogens with one attached hydrogen (secondary N) is 1. The van der Waals surface area contributed by atoms with Crippen LogP contribution in [0.15, 0.2) is 40.8 Å². The van der Waals surface area contributed by atoms with Crippen LogP contribution in [0.2, 0.25) is 5.02 Å². The van der Waals surface area contributed by atoms with Crippen molar-refractivity contribution in [3.8, 4) is 5.75 Å². The van der Waals surface area contributed by atoms with Crippen LogP contribution in [0.4, 0.5) is 5.69 Å². The second-order valence-electron chi connectivity index (χ2n) is 5.61. The lowest BCUT2D eigenvalue weighted by Gasteiger charge is -2.28. The third-order valence-electron chi connectivity index (χ3n) is 3.95. The molecule has 0 atom stereocenters. The molecule has 0 spiro atoms. The SMILES string of the molecule is O=C(NO)c1ccc2c(c1)N(Cc1nc3ccc(Cl)cc3o1)C(=O)CO2. The van der Waals surface area contributed by atoms with Gasteiger partial charge in [-0.05, 0) is 30.3 Å². The maximum Gasteiger partial charge on any atom is 0.274 e. The molecule has 4 rings (SSSR count). The Morgan fingerprint density at radius 2 is 2.15 bits per heavy atom. The Kier molecular flexibility index (Phi) is 3.98. The zero-order valence-corrected chi connectivity index (χ0v) is 14.0. The number of rotatable bonds is 3. The molecule has 2 aromatic carbocycles. The molecular weight excluding hydrogens is 362 g/mol. The molecular formula is C17H12ClN3O5. The molecule has 0 saturated heterocycles. The summed E-state index contributed by atoms with van der Waals surface area (Å²) in [5.74, 6) is -0.236. The number of hydrogen-bond donors (Lipinski definition) is 2. The van der Waals surface area contributed by atoms with Crippen LogP contribution < -0.4 is 15.1 Å². The summed E-state index contributed by atoms with van der Waals surface area (Å²) in [7, 11) is 0. The summed E-state index contributed by atoms with van der Waals surface area (Å²) in [6.45, 7) is -0.0731. The maximum absolute atomic E-state index is 12.3. The van der Waals surface area contributed by atoms with E-state index in [4.69, 9.17) is 26.0 Å². The van der Waals surface area contributed by atoms with Crippen molar-refractivity contribution in [1.82, 2.24) is 10.5 Å². The van der Waals surface area contributed by atoms with Gasteiger partial charge < -0.3 is 9.15 Å². The van der Waals surface area contributed by atoms with Gasteiger partial charge in [-0.15, -0.1) is 0 Å². The van der Waals surface area contributed by atoms with E-state index >= 15 is 0 Å². The fraction of sp³-hybridized carbons (Fsp3) is 0.118. The van der Waals surface area contributed by atoms with Gasteiger partial charge in [-0.2, -0.15) is 0 Å². The number of amides is 2. The van der Waals surface area contributed by atoms with Crippen LogP contribution in [-0.4, -0.2) is 28.6 Å². The number of benzene rings is 2. The molecule has 1 aliphatic heterocycles. The number of aromatic nitrogens is 1. The predicted octanol–water partition coefficient (Wildman–Crippen LogP) is 2.53. The summed E-state index contributed by atoms with van der Waals surface area (Å²) >= 11 is 5.94. The highest BCUT2D eigenvalue weighted by atomic mass is 35.5. The summed E-state index contributed by atoms with van der Waals surface area (Å²) < 4.78 is 11.1. The standard InChI is InChI=1S/C17H12ClN3O5/c18-10-2-3-11-14(6-10)26-15(19-11)7-21-12-5-9(17(23)20-24)1-4-13(12)25-8-16(21)22/h1-6,24H,7-8H2,(H,20,23). The summed E-state index contributed by atoms with van der Waals surface area (Å²) in [6, 6.07) is 9.57. The number of halogens is 1. The Bertz CT molecular complexity index is 1030. The first-order chi connectivity index (χ1) is 12.5. The molecule has 0 saturated carbocycles. The number of hydrogen-bond acceptors (Lipinski definition) is 6. The summed E-state index contributed by atoms with van der Waals surface area (Å²) in [5, 5.41) is 9.32. The van der Waals surface area contributed by atoms with E-state index in [9.17, 15) is 9.59 Å². The first kappa shape index (κ1) is 16.4. The number of fused-ring (bicyclic) bond motifs is 2. The van der Waals surface area contributed by atoms with Gasteiger partial charge >= 0.3 is 0 Å². The normalized spacial score (nSPS) is 13.5. The molecule has 1 aromatic heterocycles. The van der Waals surface area contributed by atoms with Crippen molar-refractivity contribution in [3.05, 3.63) is 52.9 Å². The molecule has 0 bridgehead atoms. The van der Waals surface area contributed by atoms with E-state index in [1.807, 2.05) is 0 Å². The van der Waals surface area contributed by atoms with Gasteiger partial charge in [-0.3, -0.25) is 19.7 Å². The van der Waals surface area contributed by atoms with E-state index in [1.54, 1.807) is 29.7 Å². The van der Waals surface area contributed by atoms with Gasteiger partial charge in [0.1, 0.15) is 17.8 Å². The van der Waals surface area contributed by atoms with Crippen molar-refractivity contribution in [2.75, 3.05) is 11.5 Å². The molecule has 2 amide bonds. The number of hydroxylamine groups is 1. The highest BCUT2D eigenvalue weighted by Crippen LogP contribution is 2.34. The van der Waals surface area contributed by atoms with Gasteiger partial charge in [-0.25, -0.2) is 10.5 Å². The quantitative estimate of drug-likeness (QED) is 0.540. The van der Waals surface area contributed by atoms with E-state index in [0.717, 1.165) is 0 Å². The minimum absolute atomic E-state index is 0.0612. The zero-order valence-electron chi connectivity index (χ0n) is 13.2. The van der Waals surface area contributed by atoms with Gasteiger partial charge in [0, 0.05) is 16.7 Å². The average Bonchev–Trinajstić information content (AvgIpc) is 3.04. The van der Waals surface area contributed by atoms with Crippen molar-refractivity contribution in [3.63, 3.8) is 0 Å². The van der Waals surface area contributed by atoms with Crippen LogP contribution in [0.1, 0.15) is 16.2 Å². The Labute approximate surface area is 151 Å². The van der Waals surface area contributed by atoms with Crippen LogP contribution >= 0.6 is 11.6 Å². The number of anilines is 1. The Balaban J connectivity index is 1.71. The third kappa shape index (κ3) is 2.85. The number of ether oxygens (including phenoxy) is 1. The molecule has 3 aromatic rings. The van der Waals surface area contributed by atoms with Crippen LogP contribution in [0.25, 0.3) is 11.1 Å². The number of oxazole rings is 1. The smallest absolute Gasteiger partial charge is 0.274 e. The van der Waals surface area contributed by atoms with Crippen LogP contribution in [-0.2, 0) is 11.3 Å². The third-order valence-corrected chi connectivity index (χ3v) is 4.19. The van der Waals surface area contributed by atoms with Gasteiger partial charge in [0.05, 0.1) is 5.69 Å². The maximum atomic E-state index is 12.3. The van der Waals surface area contributed by atoms with Gasteiger partial charge in [0.15, 0.2) is 12.2 Å². The molecule has 0 radical (unpaired) electrons. The largest absolute Gasteiger partial charge is 0.482 e. The topological polar surface area (TPSA) is 105 Å². The second-order valence-corrected chi connectivity index (χ2v) is 6.05. The molecule has 132 valence electrons. The minimum Gasteiger partial charge on any atom is -0.482 e. The van der Waals surface area contributed by atoms with E-state index in [1.165, 1.54) is 17.0 Å². The van der Waals surface area contributed by atoms with Crippen molar-refractivity contribution in [1.29, 1.82) is 0 Å². The van der Waals surface area contributed by atoms with E-state index in [-0.39, 0.29) is 24.6 Å². The van der Waals surface area contributed by atoms with Crippen molar-refractivity contribution < 1.29 is 24.0 Å². The van der Waals surface area contributed by atoms with Crippen LogP contribution in [0.3, 0.4) is 0 Å². The van der Waals surface area contributed by atoms with Crippen LogP contribution in [0.5, 0.6) is 5.75 Å². The molecule has 0 fully saturated rings. The summed E-state index contributed by atoms with van der Waals surface area (Å²) in [4.78, 5) is 29.8. The number of carbonyl (C=O) groups is 2. The molecule has 8 nitrogen and oxygen atoms in total. The number of nitrogens with zero attached hydrogens (tertiary/aromatic N) is 2. The van der Waals surface area contributed by atoms with Gasteiger partial charge in [0.2, 0.25) is 5.89 Å².